The molecule has 0 aliphatic rings. The minimum absolute atomic E-state index is 0.273. The van der Waals surface area contributed by atoms with E-state index < -0.39 is 17.9 Å². The number of carboxylic acid groups (broad SMARTS) is 1. The Kier molecular flexibility index (Phi) is 10.9. The fourth-order valence-electron chi connectivity index (χ4n) is 4.09. The SMILES string of the molecule is COc1cccc(CCNCC(C(=O)O)C(NCCc2cccc(OC)c2)c2ccc(Cl)cc2Cl)c1. The summed E-state index contributed by atoms with van der Waals surface area (Å²) < 4.78 is 10.6. The average molecular weight is 531 g/mol. The maximum absolute atomic E-state index is 12.4. The van der Waals surface area contributed by atoms with Crippen LogP contribution in [0.1, 0.15) is 22.7 Å². The molecule has 3 aromatic carbocycles. The third-order valence-electron chi connectivity index (χ3n) is 6.02. The van der Waals surface area contributed by atoms with Gasteiger partial charge in [-0.2, -0.15) is 0 Å². The third kappa shape index (κ3) is 8.14. The van der Waals surface area contributed by atoms with Gasteiger partial charge in [0.15, 0.2) is 0 Å². The zero-order chi connectivity index (χ0) is 25.9. The van der Waals surface area contributed by atoms with E-state index in [0.29, 0.717) is 35.1 Å². The Morgan fingerprint density at radius 2 is 1.50 bits per heavy atom. The van der Waals surface area contributed by atoms with E-state index in [-0.39, 0.29) is 6.54 Å². The fraction of sp³-hybridized carbons (Fsp3) is 0.321. The number of hydrogen-bond donors (Lipinski definition) is 3. The molecule has 6 nitrogen and oxygen atoms in total. The molecule has 3 rings (SSSR count). The number of methoxy groups -OCH3 is 2. The molecule has 2 unspecified atom stereocenters. The van der Waals surface area contributed by atoms with E-state index in [1.54, 1.807) is 32.4 Å². The van der Waals surface area contributed by atoms with Gasteiger partial charge in [-0.05, 0) is 79.0 Å². The standard InChI is InChI=1S/C28H32Cl2N2O4/c1-35-22-7-3-5-19(15-22)11-13-31-18-25(28(33)34)27(24-10-9-21(29)17-26(24)30)32-14-12-20-6-4-8-23(16-20)36-2/h3-10,15-17,25,27,31-32H,11-14,18H2,1-2H3,(H,33,34). The summed E-state index contributed by atoms with van der Waals surface area (Å²) >= 11 is 12.6. The molecule has 0 heterocycles. The highest BCUT2D eigenvalue weighted by Crippen LogP contribution is 2.31. The van der Waals surface area contributed by atoms with E-state index in [0.717, 1.165) is 29.0 Å². The molecule has 3 N–H and O–H groups in total. The van der Waals surface area contributed by atoms with Gasteiger partial charge in [0.1, 0.15) is 11.5 Å². The van der Waals surface area contributed by atoms with Gasteiger partial charge in [-0.1, -0.05) is 53.5 Å². The van der Waals surface area contributed by atoms with Crippen LogP contribution < -0.4 is 20.1 Å². The summed E-state index contributed by atoms with van der Waals surface area (Å²) in [4.78, 5) is 12.4. The van der Waals surface area contributed by atoms with Crippen LogP contribution in [0.15, 0.2) is 66.7 Å². The molecule has 192 valence electrons. The monoisotopic (exact) mass is 530 g/mol. The number of nitrogens with one attached hydrogen (secondary N) is 2. The number of ether oxygens (including phenoxy) is 2. The van der Waals surface area contributed by atoms with Crippen LogP contribution in [-0.2, 0) is 17.6 Å². The van der Waals surface area contributed by atoms with E-state index in [9.17, 15) is 9.90 Å². The fourth-order valence-corrected chi connectivity index (χ4v) is 4.61. The average Bonchev–Trinajstić information content (AvgIpc) is 2.87. The number of carbonyl (C=O) groups is 1. The molecule has 0 aliphatic carbocycles. The second-order valence-electron chi connectivity index (χ2n) is 8.45. The molecule has 0 amide bonds. The molecule has 0 aromatic heterocycles. The van der Waals surface area contributed by atoms with Gasteiger partial charge in [0.25, 0.3) is 0 Å². The summed E-state index contributed by atoms with van der Waals surface area (Å²) in [5.74, 6) is -0.0740. The Morgan fingerprint density at radius 3 is 2.06 bits per heavy atom. The van der Waals surface area contributed by atoms with Crippen LogP contribution >= 0.6 is 23.2 Å². The number of rotatable bonds is 14. The Hall–Kier alpha value is -2.77. The van der Waals surface area contributed by atoms with E-state index in [2.05, 4.69) is 10.6 Å². The second kappa shape index (κ2) is 14.1. The lowest BCUT2D eigenvalue weighted by molar-refractivity contribution is -0.142. The Morgan fingerprint density at radius 1 is 0.889 bits per heavy atom. The molecule has 0 aliphatic heterocycles. The van der Waals surface area contributed by atoms with Crippen LogP contribution in [0.4, 0.5) is 0 Å². The van der Waals surface area contributed by atoms with Crippen molar-refractivity contribution in [1.82, 2.24) is 10.6 Å². The Balaban J connectivity index is 1.70. The molecule has 0 spiro atoms. The van der Waals surface area contributed by atoms with E-state index in [1.807, 2.05) is 48.5 Å². The number of benzene rings is 3. The number of aliphatic carboxylic acids is 1. The van der Waals surface area contributed by atoms with Gasteiger partial charge in [-0.3, -0.25) is 4.79 Å². The molecule has 3 aromatic rings. The molecular weight excluding hydrogens is 499 g/mol. The van der Waals surface area contributed by atoms with Crippen molar-refractivity contribution >= 4 is 29.2 Å². The smallest absolute Gasteiger partial charge is 0.309 e. The first-order chi connectivity index (χ1) is 17.4. The summed E-state index contributed by atoms with van der Waals surface area (Å²) in [6.07, 6.45) is 1.45. The summed E-state index contributed by atoms with van der Waals surface area (Å²) in [5, 5.41) is 17.8. The summed E-state index contributed by atoms with van der Waals surface area (Å²) in [5.41, 5.74) is 2.90. The minimum Gasteiger partial charge on any atom is -0.497 e. The first-order valence-electron chi connectivity index (χ1n) is 11.8. The molecule has 2 atom stereocenters. The van der Waals surface area contributed by atoms with Gasteiger partial charge in [-0.25, -0.2) is 0 Å². The first kappa shape index (κ1) is 27.8. The highest BCUT2D eigenvalue weighted by atomic mass is 35.5. The molecule has 0 radical (unpaired) electrons. The lowest BCUT2D eigenvalue weighted by Crippen LogP contribution is -2.40. The summed E-state index contributed by atoms with van der Waals surface area (Å²) in [6.45, 7) is 1.46. The molecule has 0 saturated carbocycles. The zero-order valence-corrected chi connectivity index (χ0v) is 22.0. The molecule has 36 heavy (non-hydrogen) atoms. The van der Waals surface area contributed by atoms with Crippen molar-refractivity contribution in [3.63, 3.8) is 0 Å². The zero-order valence-electron chi connectivity index (χ0n) is 20.5. The summed E-state index contributed by atoms with van der Waals surface area (Å²) in [6, 6.07) is 20.3. The van der Waals surface area contributed by atoms with Gasteiger partial charge in [0.2, 0.25) is 0 Å². The van der Waals surface area contributed by atoms with Crippen molar-refractivity contribution in [1.29, 1.82) is 0 Å². The van der Waals surface area contributed by atoms with Gasteiger partial charge >= 0.3 is 5.97 Å². The Labute approximate surface area is 222 Å². The Bertz CT molecular complexity index is 1140. The van der Waals surface area contributed by atoms with Crippen molar-refractivity contribution in [2.75, 3.05) is 33.9 Å². The van der Waals surface area contributed by atoms with Gasteiger partial charge in [0.05, 0.1) is 20.1 Å². The minimum atomic E-state index is -0.909. The van der Waals surface area contributed by atoms with Crippen LogP contribution in [0.2, 0.25) is 10.0 Å². The maximum atomic E-state index is 12.4. The van der Waals surface area contributed by atoms with E-state index in [1.165, 1.54) is 0 Å². The largest absolute Gasteiger partial charge is 0.497 e. The molecular formula is C28H32Cl2N2O4. The maximum Gasteiger partial charge on any atom is 0.309 e. The summed E-state index contributed by atoms with van der Waals surface area (Å²) in [7, 11) is 3.27. The number of hydrogen-bond acceptors (Lipinski definition) is 5. The predicted octanol–water partition coefficient (Wildman–Crippen LogP) is 5.42. The van der Waals surface area contributed by atoms with Crippen molar-refractivity contribution in [2.24, 2.45) is 5.92 Å². The van der Waals surface area contributed by atoms with Crippen LogP contribution in [0.25, 0.3) is 0 Å². The van der Waals surface area contributed by atoms with Gasteiger partial charge in [-0.15, -0.1) is 0 Å². The van der Waals surface area contributed by atoms with Crippen LogP contribution in [0, 0.1) is 5.92 Å². The quantitative estimate of drug-likeness (QED) is 0.241. The van der Waals surface area contributed by atoms with Gasteiger partial charge in [0, 0.05) is 22.6 Å². The predicted molar refractivity (Wildman–Crippen MR) is 145 cm³/mol. The van der Waals surface area contributed by atoms with Crippen LogP contribution in [-0.4, -0.2) is 44.9 Å². The highest BCUT2D eigenvalue weighted by Gasteiger charge is 2.30. The van der Waals surface area contributed by atoms with Crippen molar-refractivity contribution in [3.05, 3.63) is 93.5 Å². The highest BCUT2D eigenvalue weighted by molar-refractivity contribution is 6.35. The van der Waals surface area contributed by atoms with Gasteiger partial charge < -0.3 is 25.2 Å². The van der Waals surface area contributed by atoms with E-state index in [4.69, 9.17) is 32.7 Å². The number of carboxylic acids is 1. The molecule has 0 saturated heterocycles. The van der Waals surface area contributed by atoms with Crippen molar-refractivity contribution in [3.8, 4) is 11.5 Å². The first-order valence-corrected chi connectivity index (χ1v) is 12.5. The van der Waals surface area contributed by atoms with Crippen LogP contribution in [0.3, 0.4) is 0 Å². The topological polar surface area (TPSA) is 79.8 Å². The molecule has 8 heteroatoms. The molecule has 0 bridgehead atoms. The third-order valence-corrected chi connectivity index (χ3v) is 6.58. The lowest BCUT2D eigenvalue weighted by Gasteiger charge is -2.27. The van der Waals surface area contributed by atoms with Crippen molar-refractivity contribution in [2.45, 2.75) is 18.9 Å². The second-order valence-corrected chi connectivity index (χ2v) is 9.29. The number of halogens is 2. The molecule has 0 fully saturated rings. The van der Waals surface area contributed by atoms with E-state index >= 15 is 0 Å². The van der Waals surface area contributed by atoms with Crippen molar-refractivity contribution < 1.29 is 19.4 Å². The lowest BCUT2D eigenvalue weighted by atomic mass is 9.92. The van der Waals surface area contributed by atoms with Crippen LogP contribution in [0.5, 0.6) is 11.5 Å². The normalized spacial score (nSPS) is 12.7.